The summed E-state index contributed by atoms with van der Waals surface area (Å²) in [5, 5.41) is 1.93. The number of ether oxygens (including phenoxy) is 1. The molecule has 2 aromatic rings. The number of carbonyl (C=O) groups is 1. The molecule has 2 nitrogen and oxygen atoms in total. The van der Waals surface area contributed by atoms with Crippen LogP contribution in [0.2, 0.25) is 0 Å². The Morgan fingerprint density at radius 3 is 2.81 bits per heavy atom. The van der Waals surface area contributed by atoms with Gasteiger partial charge in [-0.15, -0.1) is 11.3 Å². The van der Waals surface area contributed by atoms with Gasteiger partial charge in [-0.1, -0.05) is 12.1 Å². The summed E-state index contributed by atoms with van der Waals surface area (Å²) in [5.74, 6) is -1.22. The molecule has 1 aromatic carbocycles. The number of esters is 1. The van der Waals surface area contributed by atoms with Gasteiger partial charge in [0.2, 0.25) is 0 Å². The zero-order chi connectivity index (χ0) is 11.5. The van der Waals surface area contributed by atoms with Gasteiger partial charge >= 0.3 is 5.97 Å². The van der Waals surface area contributed by atoms with Gasteiger partial charge in [0.15, 0.2) is 0 Å². The summed E-state index contributed by atoms with van der Waals surface area (Å²) in [6, 6.07) is 8.25. The molecule has 0 atom stereocenters. The van der Waals surface area contributed by atoms with Crippen molar-refractivity contribution < 1.29 is 13.9 Å². The number of benzene rings is 1. The van der Waals surface area contributed by atoms with Crippen molar-refractivity contribution in [1.29, 1.82) is 0 Å². The predicted octanol–water partition coefficient (Wildman–Crippen LogP) is 3.34. The van der Waals surface area contributed by atoms with Gasteiger partial charge in [-0.05, 0) is 29.1 Å². The van der Waals surface area contributed by atoms with Crippen molar-refractivity contribution in [1.82, 2.24) is 0 Å². The standard InChI is InChI=1S/C12H9FO2S/c1-15-12(14)9-7-8(4-5-10(9)13)11-3-2-6-16-11/h2-7H,1H3. The zero-order valence-electron chi connectivity index (χ0n) is 8.57. The molecule has 4 heteroatoms. The van der Waals surface area contributed by atoms with E-state index in [4.69, 9.17) is 0 Å². The van der Waals surface area contributed by atoms with E-state index in [1.165, 1.54) is 30.6 Å². The van der Waals surface area contributed by atoms with Crippen LogP contribution in [-0.4, -0.2) is 13.1 Å². The fourth-order valence-corrected chi connectivity index (χ4v) is 2.11. The minimum atomic E-state index is -0.657. The van der Waals surface area contributed by atoms with Crippen molar-refractivity contribution in [2.45, 2.75) is 0 Å². The molecule has 0 N–H and O–H groups in total. The van der Waals surface area contributed by atoms with Crippen LogP contribution in [0.1, 0.15) is 10.4 Å². The number of carbonyl (C=O) groups excluding carboxylic acids is 1. The second-order valence-corrected chi connectivity index (χ2v) is 4.11. The van der Waals surface area contributed by atoms with Gasteiger partial charge in [-0.25, -0.2) is 9.18 Å². The third kappa shape index (κ3) is 1.97. The number of rotatable bonds is 2. The van der Waals surface area contributed by atoms with Gasteiger partial charge in [0.25, 0.3) is 0 Å². The molecule has 16 heavy (non-hydrogen) atoms. The number of hydrogen-bond donors (Lipinski definition) is 0. The van der Waals surface area contributed by atoms with E-state index in [0.29, 0.717) is 0 Å². The Hall–Kier alpha value is -1.68. The van der Waals surface area contributed by atoms with Gasteiger partial charge in [-0.2, -0.15) is 0 Å². The van der Waals surface area contributed by atoms with E-state index < -0.39 is 11.8 Å². The highest BCUT2D eigenvalue weighted by molar-refractivity contribution is 7.13. The summed E-state index contributed by atoms with van der Waals surface area (Å²) in [4.78, 5) is 12.3. The molecule has 82 valence electrons. The number of halogens is 1. The van der Waals surface area contributed by atoms with Crippen LogP contribution < -0.4 is 0 Å². The summed E-state index contributed by atoms with van der Waals surface area (Å²) in [6.45, 7) is 0. The fourth-order valence-electron chi connectivity index (χ4n) is 1.39. The van der Waals surface area contributed by atoms with Crippen molar-refractivity contribution in [2.75, 3.05) is 7.11 Å². The van der Waals surface area contributed by atoms with Crippen LogP contribution >= 0.6 is 11.3 Å². The fraction of sp³-hybridized carbons (Fsp3) is 0.0833. The van der Waals surface area contributed by atoms with Crippen LogP contribution in [0.3, 0.4) is 0 Å². The lowest BCUT2D eigenvalue weighted by molar-refractivity contribution is 0.0595. The molecule has 1 aromatic heterocycles. The first kappa shape index (κ1) is 10.8. The van der Waals surface area contributed by atoms with Gasteiger partial charge in [0.1, 0.15) is 5.82 Å². The molecule has 0 saturated heterocycles. The van der Waals surface area contributed by atoms with E-state index in [1.807, 2.05) is 17.5 Å². The molecule has 0 aliphatic rings. The SMILES string of the molecule is COC(=O)c1cc(-c2cccs2)ccc1F. The van der Waals surface area contributed by atoms with Crippen molar-refractivity contribution in [3.63, 3.8) is 0 Å². The van der Waals surface area contributed by atoms with Gasteiger partial charge in [-0.3, -0.25) is 0 Å². The monoisotopic (exact) mass is 236 g/mol. The lowest BCUT2D eigenvalue weighted by atomic mass is 10.1. The molecule has 0 bridgehead atoms. The van der Waals surface area contributed by atoms with Crippen LogP contribution in [0.25, 0.3) is 10.4 Å². The maximum atomic E-state index is 13.4. The second-order valence-electron chi connectivity index (χ2n) is 3.16. The molecule has 1 heterocycles. The van der Waals surface area contributed by atoms with E-state index in [1.54, 1.807) is 6.07 Å². The van der Waals surface area contributed by atoms with E-state index in [2.05, 4.69) is 4.74 Å². The lowest BCUT2D eigenvalue weighted by Crippen LogP contribution is -2.04. The Morgan fingerprint density at radius 2 is 2.19 bits per heavy atom. The highest BCUT2D eigenvalue weighted by Gasteiger charge is 2.13. The van der Waals surface area contributed by atoms with Crippen molar-refractivity contribution in [2.24, 2.45) is 0 Å². The van der Waals surface area contributed by atoms with Crippen molar-refractivity contribution >= 4 is 17.3 Å². The number of thiophene rings is 1. The molecule has 0 spiro atoms. The van der Waals surface area contributed by atoms with Gasteiger partial charge < -0.3 is 4.74 Å². The van der Waals surface area contributed by atoms with Crippen LogP contribution in [0.15, 0.2) is 35.7 Å². The summed E-state index contributed by atoms with van der Waals surface area (Å²) >= 11 is 1.54. The topological polar surface area (TPSA) is 26.3 Å². The van der Waals surface area contributed by atoms with Crippen molar-refractivity contribution in [3.05, 3.63) is 47.1 Å². The maximum Gasteiger partial charge on any atom is 0.340 e. The number of hydrogen-bond acceptors (Lipinski definition) is 3. The Kier molecular flexibility index (Phi) is 3.01. The summed E-state index contributed by atoms with van der Waals surface area (Å²) in [6.07, 6.45) is 0. The molecule has 2 rings (SSSR count). The van der Waals surface area contributed by atoms with E-state index in [-0.39, 0.29) is 5.56 Å². The molecular formula is C12H9FO2S. The first-order chi connectivity index (χ1) is 7.72. The van der Waals surface area contributed by atoms with Crippen LogP contribution in [0, 0.1) is 5.82 Å². The molecule has 0 unspecified atom stereocenters. The minimum Gasteiger partial charge on any atom is -0.465 e. The van der Waals surface area contributed by atoms with Crippen molar-refractivity contribution in [3.8, 4) is 10.4 Å². The largest absolute Gasteiger partial charge is 0.465 e. The Morgan fingerprint density at radius 1 is 1.38 bits per heavy atom. The smallest absolute Gasteiger partial charge is 0.340 e. The third-order valence-electron chi connectivity index (χ3n) is 2.18. The average Bonchev–Trinajstić information content (AvgIpc) is 2.82. The van der Waals surface area contributed by atoms with E-state index >= 15 is 0 Å². The zero-order valence-corrected chi connectivity index (χ0v) is 9.38. The number of methoxy groups -OCH3 is 1. The molecule has 0 aliphatic carbocycles. The molecule has 0 amide bonds. The van der Waals surface area contributed by atoms with Gasteiger partial charge in [0, 0.05) is 4.88 Å². The molecule has 0 fully saturated rings. The first-order valence-electron chi connectivity index (χ1n) is 4.64. The normalized spacial score (nSPS) is 10.1. The Balaban J connectivity index is 2.47. The molecule has 0 saturated carbocycles. The van der Waals surface area contributed by atoms with Crippen LogP contribution in [0.5, 0.6) is 0 Å². The summed E-state index contributed by atoms with van der Waals surface area (Å²) < 4.78 is 17.9. The highest BCUT2D eigenvalue weighted by atomic mass is 32.1. The van der Waals surface area contributed by atoms with E-state index in [0.717, 1.165) is 10.4 Å². The van der Waals surface area contributed by atoms with Gasteiger partial charge in [0.05, 0.1) is 12.7 Å². The summed E-state index contributed by atoms with van der Waals surface area (Å²) in [7, 11) is 1.24. The van der Waals surface area contributed by atoms with E-state index in [9.17, 15) is 9.18 Å². The lowest BCUT2D eigenvalue weighted by Gasteiger charge is -2.03. The molecule has 0 aliphatic heterocycles. The average molecular weight is 236 g/mol. The predicted molar refractivity (Wildman–Crippen MR) is 61.1 cm³/mol. The third-order valence-corrected chi connectivity index (χ3v) is 3.10. The molecule has 0 radical (unpaired) electrons. The second kappa shape index (κ2) is 4.45. The quantitative estimate of drug-likeness (QED) is 0.747. The minimum absolute atomic E-state index is 0.0339. The summed E-state index contributed by atoms with van der Waals surface area (Å²) in [5.41, 5.74) is 0.783. The maximum absolute atomic E-state index is 13.4. The Bertz CT molecular complexity index is 506. The highest BCUT2D eigenvalue weighted by Crippen LogP contribution is 2.26. The first-order valence-corrected chi connectivity index (χ1v) is 5.52. The molecular weight excluding hydrogens is 227 g/mol. The van der Waals surface area contributed by atoms with Crippen LogP contribution in [-0.2, 0) is 4.74 Å². The Labute approximate surface area is 96.3 Å². The van der Waals surface area contributed by atoms with Crippen LogP contribution in [0.4, 0.5) is 4.39 Å².